The van der Waals surface area contributed by atoms with Crippen LogP contribution in [0.2, 0.25) is 0 Å². The van der Waals surface area contributed by atoms with Gasteiger partial charge in [0.05, 0.1) is 0 Å². The number of rotatable bonds is 0. The third kappa shape index (κ3) is 1.34. The molecule has 1 heterocycles. The maximum Gasteiger partial charge on any atom is 0.125 e. The molecule has 1 fully saturated rings. The topological polar surface area (TPSA) is 23.1 Å². The van der Waals surface area contributed by atoms with Crippen LogP contribution in [0.4, 0.5) is 0 Å². The maximum absolute atomic E-state index is 10.4. The smallest absolute Gasteiger partial charge is 0.125 e. The first kappa shape index (κ1) is 5.92. The first-order valence-electron chi connectivity index (χ1n) is 2.14. The lowest BCUT2D eigenvalue weighted by molar-refractivity contribution is 0.559. The van der Waals surface area contributed by atoms with Crippen LogP contribution in [0.1, 0.15) is 6.92 Å². The third-order valence-electron chi connectivity index (χ3n) is 0.924. The van der Waals surface area contributed by atoms with Gasteiger partial charge in [-0.15, -0.1) is 0 Å². The largest absolute Gasteiger partial charge is 0.616 e. The van der Waals surface area contributed by atoms with Gasteiger partial charge in [-0.2, -0.15) is 0 Å². The van der Waals surface area contributed by atoms with Gasteiger partial charge in [0.2, 0.25) is 0 Å². The molecule has 1 aliphatic rings. The second kappa shape index (κ2) is 1.64. The second-order valence-corrected chi connectivity index (χ2v) is 5.51. The molecule has 7 heavy (non-hydrogen) atoms. The molecule has 0 aliphatic carbocycles. The van der Waals surface area contributed by atoms with Crippen LogP contribution in [0, 0.1) is 0 Å². The molecule has 0 atom stereocenters. The van der Waals surface area contributed by atoms with Gasteiger partial charge in [-0.3, -0.25) is 0 Å². The van der Waals surface area contributed by atoms with Crippen LogP contribution < -0.4 is 0 Å². The Bertz CT molecular complexity index is 75.8. The zero-order chi connectivity index (χ0) is 5.49. The molecule has 0 spiro atoms. The van der Waals surface area contributed by atoms with Gasteiger partial charge in [-0.1, -0.05) is 27.1 Å². The highest BCUT2D eigenvalue weighted by atomic mass is 79.9. The molecule has 0 aromatic rings. The summed E-state index contributed by atoms with van der Waals surface area (Å²) in [5.74, 6) is 1.65. The van der Waals surface area contributed by atoms with E-state index in [-0.39, 0.29) is 4.32 Å². The minimum atomic E-state index is -0.508. The van der Waals surface area contributed by atoms with E-state index in [0.717, 1.165) is 11.5 Å². The summed E-state index contributed by atoms with van der Waals surface area (Å²) >= 11 is 2.90. The summed E-state index contributed by atoms with van der Waals surface area (Å²) in [4.78, 5) is 0. The highest BCUT2D eigenvalue weighted by Gasteiger charge is 2.41. The fraction of sp³-hybridized carbons (Fsp3) is 1.00. The zero-order valence-corrected chi connectivity index (χ0v) is 6.51. The number of alkyl halides is 1. The maximum atomic E-state index is 10.4. The van der Waals surface area contributed by atoms with E-state index in [1.165, 1.54) is 0 Å². The van der Waals surface area contributed by atoms with Crippen molar-refractivity contribution >= 4 is 27.1 Å². The van der Waals surface area contributed by atoms with E-state index in [9.17, 15) is 4.55 Å². The Hall–Kier alpha value is 0.790. The van der Waals surface area contributed by atoms with Crippen LogP contribution in [-0.4, -0.2) is 20.4 Å². The van der Waals surface area contributed by atoms with Crippen LogP contribution in [0.25, 0.3) is 0 Å². The number of halogens is 1. The van der Waals surface area contributed by atoms with Crippen molar-refractivity contribution in [1.29, 1.82) is 0 Å². The fourth-order valence-electron chi connectivity index (χ4n) is 0.629. The molecule has 1 saturated heterocycles. The van der Waals surface area contributed by atoms with Crippen molar-refractivity contribution in [2.45, 2.75) is 11.2 Å². The average Bonchev–Trinajstić information content (AvgIpc) is 1.27. The van der Waals surface area contributed by atoms with Gasteiger partial charge in [0.1, 0.15) is 15.8 Å². The standard InChI is InChI=1S/C4H7BrOS/c1-4(5)2-7(6)3-4/h2-3H2,1H3. The SMILES string of the molecule is CC1(Br)C[S+]([O-])C1. The summed E-state index contributed by atoms with van der Waals surface area (Å²) in [6, 6.07) is 0. The fourth-order valence-corrected chi connectivity index (χ4v) is 3.42. The van der Waals surface area contributed by atoms with E-state index in [2.05, 4.69) is 22.9 Å². The minimum absolute atomic E-state index is 0.206. The quantitative estimate of drug-likeness (QED) is 0.404. The van der Waals surface area contributed by atoms with Crippen LogP contribution in [-0.2, 0) is 11.2 Å². The molecule has 1 rings (SSSR count). The monoisotopic (exact) mass is 182 g/mol. The summed E-state index contributed by atoms with van der Waals surface area (Å²) < 4.78 is 10.6. The molecule has 0 aromatic heterocycles. The molecule has 0 aromatic carbocycles. The summed E-state index contributed by atoms with van der Waals surface area (Å²) in [5, 5.41) is 0. The van der Waals surface area contributed by atoms with Crippen molar-refractivity contribution in [3.63, 3.8) is 0 Å². The summed E-state index contributed by atoms with van der Waals surface area (Å²) in [5.41, 5.74) is 0. The lowest BCUT2D eigenvalue weighted by Crippen LogP contribution is -2.47. The Kier molecular flexibility index (Phi) is 1.38. The van der Waals surface area contributed by atoms with E-state index < -0.39 is 11.2 Å². The third-order valence-corrected chi connectivity index (χ3v) is 4.15. The van der Waals surface area contributed by atoms with E-state index in [1.54, 1.807) is 0 Å². The van der Waals surface area contributed by atoms with Gasteiger partial charge in [0.15, 0.2) is 0 Å². The number of hydrogen-bond acceptors (Lipinski definition) is 1. The normalized spacial score (nSPS) is 51.0. The van der Waals surface area contributed by atoms with Crippen molar-refractivity contribution in [3.05, 3.63) is 0 Å². The Labute approximate surface area is 54.8 Å². The number of hydrogen-bond donors (Lipinski definition) is 0. The first-order chi connectivity index (χ1) is 3.10. The molecule has 42 valence electrons. The van der Waals surface area contributed by atoms with Gasteiger partial charge < -0.3 is 4.55 Å². The van der Waals surface area contributed by atoms with Crippen LogP contribution in [0.15, 0.2) is 0 Å². The van der Waals surface area contributed by atoms with Crippen molar-refractivity contribution in [2.24, 2.45) is 0 Å². The molecule has 3 heteroatoms. The van der Waals surface area contributed by atoms with E-state index in [1.807, 2.05) is 0 Å². The summed E-state index contributed by atoms with van der Waals surface area (Å²) in [6.07, 6.45) is 0. The predicted octanol–water partition coefficient (Wildman–Crippen LogP) is 0.902. The van der Waals surface area contributed by atoms with Crippen LogP contribution >= 0.6 is 15.9 Å². The summed E-state index contributed by atoms with van der Waals surface area (Å²) in [6.45, 7) is 2.06. The van der Waals surface area contributed by atoms with E-state index in [4.69, 9.17) is 0 Å². The molecule has 1 aliphatic heterocycles. The van der Waals surface area contributed by atoms with Crippen molar-refractivity contribution in [3.8, 4) is 0 Å². The van der Waals surface area contributed by atoms with Gasteiger partial charge in [0, 0.05) is 0 Å². The zero-order valence-electron chi connectivity index (χ0n) is 4.11. The average molecular weight is 183 g/mol. The molecule has 0 amide bonds. The minimum Gasteiger partial charge on any atom is -0.616 e. The highest BCUT2D eigenvalue weighted by molar-refractivity contribution is 9.10. The van der Waals surface area contributed by atoms with Gasteiger partial charge in [-0.25, -0.2) is 0 Å². The van der Waals surface area contributed by atoms with Crippen molar-refractivity contribution < 1.29 is 4.55 Å². The van der Waals surface area contributed by atoms with Crippen molar-refractivity contribution in [2.75, 3.05) is 11.5 Å². The Balaban J connectivity index is 2.29. The van der Waals surface area contributed by atoms with Gasteiger partial charge in [0.25, 0.3) is 0 Å². The second-order valence-electron chi connectivity index (χ2n) is 2.14. The molecule has 0 radical (unpaired) electrons. The van der Waals surface area contributed by atoms with Gasteiger partial charge >= 0.3 is 0 Å². The van der Waals surface area contributed by atoms with E-state index in [0.29, 0.717) is 0 Å². The van der Waals surface area contributed by atoms with Crippen molar-refractivity contribution in [1.82, 2.24) is 0 Å². The van der Waals surface area contributed by atoms with Gasteiger partial charge in [-0.05, 0) is 6.92 Å². The Morgan fingerprint density at radius 1 is 1.71 bits per heavy atom. The first-order valence-corrected chi connectivity index (χ1v) is 4.42. The molecular weight excluding hydrogens is 176 g/mol. The molecule has 0 saturated carbocycles. The predicted molar refractivity (Wildman–Crippen MR) is 35.2 cm³/mol. The Morgan fingerprint density at radius 3 is 2.14 bits per heavy atom. The summed E-state index contributed by atoms with van der Waals surface area (Å²) in [7, 11) is 0. The highest BCUT2D eigenvalue weighted by Crippen LogP contribution is 2.31. The molecule has 0 unspecified atom stereocenters. The van der Waals surface area contributed by atoms with Crippen LogP contribution in [0.5, 0.6) is 0 Å². The molecule has 0 bridgehead atoms. The lowest BCUT2D eigenvalue weighted by atomic mass is 10.2. The molecule has 0 N–H and O–H groups in total. The molecular formula is C4H7BrOS. The van der Waals surface area contributed by atoms with E-state index >= 15 is 0 Å². The molecule has 1 nitrogen and oxygen atoms in total. The lowest BCUT2D eigenvalue weighted by Gasteiger charge is -2.33. The van der Waals surface area contributed by atoms with Crippen LogP contribution in [0.3, 0.4) is 0 Å². The Morgan fingerprint density at radius 2 is 2.14 bits per heavy atom.